The summed E-state index contributed by atoms with van der Waals surface area (Å²) in [7, 11) is 0. The molecular weight excluding hydrogens is 176 g/mol. The zero-order chi connectivity index (χ0) is 11.2. The second-order valence-corrected chi connectivity index (χ2v) is 4.84. The first-order valence-electron chi connectivity index (χ1n) is 5.42. The summed E-state index contributed by atoms with van der Waals surface area (Å²) in [5.74, 6) is 0. The van der Waals surface area contributed by atoms with Crippen molar-refractivity contribution in [3.63, 3.8) is 0 Å². The van der Waals surface area contributed by atoms with Gasteiger partial charge >= 0.3 is 6.03 Å². The molecule has 0 saturated heterocycles. The van der Waals surface area contributed by atoms with Crippen LogP contribution in [0, 0.1) is 5.41 Å². The van der Waals surface area contributed by atoms with E-state index < -0.39 is 0 Å². The van der Waals surface area contributed by atoms with Crippen LogP contribution < -0.4 is 10.6 Å². The van der Waals surface area contributed by atoms with E-state index in [1.165, 1.54) is 0 Å². The van der Waals surface area contributed by atoms with Crippen LogP contribution in [-0.4, -0.2) is 18.6 Å². The number of nitrogens with one attached hydrogen (secondary N) is 2. The van der Waals surface area contributed by atoms with Gasteiger partial charge in [-0.25, -0.2) is 4.79 Å². The van der Waals surface area contributed by atoms with E-state index in [2.05, 4.69) is 38.3 Å². The normalized spacial score (nSPS) is 13.5. The van der Waals surface area contributed by atoms with E-state index >= 15 is 0 Å². The van der Waals surface area contributed by atoms with Crippen LogP contribution in [0.15, 0.2) is 0 Å². The number of carbonyl (C=O) groups is 1. The molecule has 0 aliphatic rings. The maximum absolute atomic E-state index is 11.4. The van der Waals surface area contributed by atoms with E-state index in [1.807, 2.05) is 6.92 Å². The molecule has 0 aromatic rings. The summed E-state index contributed by atoms with van der Waals surface area (Å²) in [4.78, 5) is 11.4. The number of amides is 2. The molecule has 0 spiro atoms. The lowest BCUT2D eigenvalue weighted by atomic mass is 9.88. The van der Waals surface area contributed by atoms with Gasteiger partial charge in [0.1, 0.15) is 0 Å². The number of hydrogen-bond donors (Lipinski definition) is 2. The van der Waals surface area contributed by atoms with Crippen LogP contribution in [0.5, 0.6) is 0 Å². The molecule has 0 fully saturated rings. The molecule has 14 heavy (non-hydrogen) atoms. The highest BCUT2D eigenvalue weighted by Crippen LogP contribution is 2.18. The third kappa shape index (κ3) is 5.84. The average Bonchev–Trinajstić information content (AvgIpc) is 2.03. The van der Waals surface area contributed by atoms with Crippen molar-refractivity contribution >= 4 is 6.03 Å². The van der Waals surface area contributed by atoms with Crippen LogP contribution in [0.1, 0.15) is 47.5 Å². The molecule has 0 aliphatic carbocycles. The maximum atomic E-state index is 11.4. The highest BCUT2D eigenvalue weighted by atomic mass is 16.2. The molecule has 84 valence electrons. The van der Waals surface area contributed by atoms with Gasteiger partial charge in [-0.05, 0) is 18.8 Å². The van der Waals surface area contributed by atoms with Gasteiger partial charge in [0.05, 0.1) is 0 Å². The summed E-state index contributed by atoms with van der Waals surface area (Å²) >= 11 is 0. The number of carbonyl (C=O) groups excluding carboxylic acids is 1. The minimum atomic E-state index is -0.0547. The first-order chi connectivity index (χ1) is 6.38. The van der Waals surface area contributed by atoms with Gasteiger partial charge in [-0.3, -0.25) is 0 Å². The molecule has 0 saturated carbocycles. The number of hydrogen-bond acceptors (Lipinski definition) is 1. The summed E-state index contributed by atoms with van der Waals surface area (Å²) in [5, 5.41) is 5.77. The van der Waals surface area contributed by atoms with Crippen LogP contribution >= 0.6 is 0 Å². The van der Waals surface area contributed by atoms with E-state index in [4.69, 9.17) is 0 Å². The lowest BCUT2D eigenvalue weighted by Gasteiger charge is -2.28. The molecule has 0 heterocycles. The molecule has 0 aromatic heterocycles. The summed E-state index contributed by atoms with van der Waals surface area (Å²) in [6, 6.07) is 0.130. The number of unbranched alkanes of at least 4 members (excludes halogenated alkanes) is 1. The van der Waals surface area contributed by atoms with Crippen LogP contribution in [-0.2, 0) is 0 Å². The maximum Gasteiger partial charge on any atom is 0.315 e. The fourth-order valence-electron chi connectivity index (χ4n) is 0.843. The van der Waals surface area contributed by atoms with Gasteiger partial charge in [-0.1, -0.05) is 34.1 Å². The Labute approximate surface area is 87.6 Å². The molecule has 0 aromatic carbocycles. The van der Waals surface area contributed by atoms with Crippen molar-refractivity contribution in [3.05, 3.63) is 0 Å². The minimum Gasteiger partial charge on any atom is -0.338 e. The second kappa shape index (κ2) is 5.89. The van der Waals surface area contributed by atoms with Crippen LogP contribution in [0.4, 0.5) is 4.79 Å². The standard InChI is InChI=1S/C11H24N2O/c1-6-7-8-12-10(14)13-9(2)11(3,4)5/h9H,6-8H2,1-5H3,(H2,12,13,14). The third-order valence-corrected chi connectivity index (χ3v) is 2.46. The molecule has 2 N–H and O–H groups in total. The minimum absolute atomic E-state index is 0.0547. The summed E-state index contributed by atoms with van der Waals surface area (Å²) in [6.45, 7) is 11.2. The molecule has 0 radical (unpaired) electrons. The fourth-order valence-corrected chi connectivity index (χ4v) is 0.843. The molecule has 0 bridgehead atoms. The van der Waals surface area contributed by atoms with Gasteiger partial charge in [0.15, 0.2) is 0 Å². The zero-order valence-corrected chi connectivity index (χ0v) is 10.1. The lowest BCUT2D eigenvalue weighted by Crippen LogP contribution is -2.46. The van der Waals surface area contributed by atoms with Gasteiger partial charge in [0.2, 0.25) is 0 Å². The first kappa shape index (κ1) is 13.3. The van der Waals surface area contributed by atoms with Crippen molar-refractivity contribution in [2.75, 3.05) is 6.54 Å². The molecule has 1 unspecified atom stereocenters. The average molecular weight is 200 g/mol. The Morgan fingerprint density at radius 1 is 1.36 bits per heavy atom. The van der Waals surface area contributed by atoms with Crippen molar-refractivity contribution in [2.45, 2.75) is 53.5 Å². The van der Waals surface area contributed by atoms with Crippen molar-refractivity contribution in [3.8, 4) is 0 Å². The van der Waals surface area contributed by atoms with Crippen molar-refractivity contribution < 1.29 is 4.79 Å². The Hall–Kier alpha value is -0.730. The van der Waals surface area contributed by atoms with Crippen LogP contribution in [0.3, 0.4) is 0 Å². The Morgan fingerprint density at radius 3 is 2.36 bits per heavy atom. The summed E-state index contributed by atoms with van der Waals surface area (Å²) in [6.07, 6.45) is 2.15. The third-order valence-electron chi connectivity index (χ3n) is 2.46. The fraction of sp³-hybridized carbons (Fsp3) is 0.909. The summed E-state index contributed by atoms with van der Waals surface area (Å²) < 4.78 is 0. The SMILES string of the molecule is CCCCNC(=O)NC(C)C(C)(C)C. The molecule has 3 heteroatoms. The van der Waals surface area contributed by atoms with E-state index in [-0.39, 0.29) is 17.5 Å². The summed E-state index contributed by atoms with van der Waals surface area (Å²) in [5.41, 5.74) is 0.113. The highest BCUT2D eigenvalue weighted by molar-refractivity contribution is 5.74. The predicted molar refractivity (Wildman–Crippen MR) is 60.4 cm³/mol. The van der Waals surface area contributed by atoms with Gasteiger partial charge in [0, 0.05) is 12.6 Å². The van der Waals surface area contributed by atoms with E-state index in [1.54, 1.807) is 0 Å². The zero-order valence-electron chi connectivity index (χ0n) is 10.1. The molecule has 0 rings (SSSR count). The number of rotatable bonds is 4. The molecular formula is C11H24N2O. The van der Waals surface area contributed by atoms with Crippen molar-refractivity contribution in [2.24, 2.45) is 5.41 Å². The van der Waals surface area contributed by atoms with E-state index in [0.717, 1.165) is 19.4 Å². The monoisotopic (exact) mass is 200 g/mol. The quantitative estimate of drug-likeness (QED) is 0.673. The Morgan fingerprint density at radius 2 is 1.93 bits per heavy atom. The van der Waals surface area contributed by atoms with Crippen LogP contribution in [0.2, 0.25) is 0 Å². The van der Waals surface area contributed by atoms with E-state index in [0.29, 0.717) is 0 Å². The van der Waals surface area contributed by atoms with Crippen molar-refractivity contribution in [1.29, 1.82) is 0 Å². The highest BCUT2D eigenvalue weighted by Gasteiger charge is 2.21. The second-order valence-electron chi connectivity index (χ2n) is 4.84. The van der Waals surface area contributed by atoms with Gasteiger partial charge in [-0.2, -0.15) is 0 Å². The predicted octanol–water partition coefficient (Wildman–Crippen LogP) is 2.52. The van der Waals surface area contributed by atoms with E-state index in [9.17, 15) is 4.79 Å². The van der Waals surface area contributed by atoms with Crippen LogP contribution in [0.25, 0.3) is 0 Å². The topological polar surface area (TPSA) is 41.1 Å². The Balaban J connectivity index is 3.72. The Kier molecular flexibility index (Phi) is 5.58. The number of urea groups is 1. The molecule has 3 nitrogen and oxygen atoms in total. The molecule has 1 atom stereocenters. The Bertz CT molecular complexity index is 173. The van der Waals surface area contributed by atoms with Gasteiger partial charge < -0.3 is 10.6 Å². The first-order valence-corrected chi connectivity index (χ1v) is 5.42. The van der Waals surface area contributed by atoms with Crippen molar-refractivity contribution in [1.82, 2.24) is 10.6 Å². The molecule has 2 amide bonds. The smallest absolute Gasteiger partial charge is 0.315 e. The van der Waals surface area contributed by atoms with Gasteiger partial charge in [0.25, 0.3) is 0 Å². The largest absolute Gasteiger partial charge is 0.338 e. The molecule has 0 aliphatic heterocycles. The lowest BCUT2D eigenvalue weighted by molar-refractivity contribution is 0.222. The van der Waals surface area contributed by atoms with Gasteiger partial charge in [-0.15, -0.1) is 0 Å².